The van der Waals surface area contributed by atoms with Crippen LogP contribution in [-0.2, 0) is 11.3 Å². The van der Waals surface area contributed by atoms with Crippen LogP contribution in [0.15, 0.2) is 16.6 Å². The lowest BCUT2D eigenvalue weighted by atomic mass is 9.87. The van der Waals surface area contributed by atoms with Crippen molar-refractivity contribution in [3.05, 3.63) is 27.7 Å². The standard InChI is InChI=1S/C22H34BrClN2O2/c1-2-22(10-6-3-4-7-11-22)26-16-18-14-17(15-19(23)20(18)25)21(27)28-13-9-5-8-12-24/h14-15,26H,2-13,16,25H2,1H3. The van der Waals surface area contributed by atoms with E-state index in [2.05, 4.69) is 28.2 Å². The third-order valence-corrected chi connectivity index (χ3v) is 6.78. The van der Waals surface area contributed by atoms with Crippen LogP contribution in [0.25, 0.3) is 0 Å². The predicted octanol–water partition coefficient (Wildman–Crippen LogP) is 6.19. The normalized spacial score (nSPS) is 16.5. The minimum absolute atomic E-state index is 0.175. The number of unbranched alkanes of at least 4 members (excludes halogenated alkanes) is 2. The van der Waals surface area contributed by atoms with Gasteiger partial charge in [-0.25, -0.2) is 4.79 Å². The number of carbonyl (C=O) groups is 1. The van der Waals surface area contributed by atoms with Crippen molar-refractivity contribution in [2.24, 2.45) is 0 Å². The number of esters is 1. The molecule has 1 fully saturated rings. The van der Waals surface area contributed by atoms with E-state index in [0.717, 1.165) is 35.7 Å². The summed E-state index contributed by atoms with van der Waals surface area (Å²) in [5.41, 5.74) is 8.64. The molecular formula is C22H34BrClN2O2. The highest BCUT2D eigenvalue weighted by atomic mass is 79.9. The number of hydrogen-bond acceptors (Lipinski definition) is 4. The van der Waals surface area contributed by atoms with E-state index < -0.39 is 0 Å². The average molecular weight is 474 g/mol. The lowest BCUT2D eigenvalue weighted by Crippen LogP contribution is -2.43. The largest absolute Gasteiger partial charge is 0.462 e. The van der Waals surface area contributed by atoms with E-state index in [1.807, 2.05) is 6.07 Å². The van der Waals surface area contributed by atoms with Crippen LogP contribution >= 0.6 is 27.5 Å². The van der Waals surface area contributed by atoms with Crippen molar-refractivity contribution in [3.8, 4) is 0 Å². The molecule has 0 amide bonds. The van der Waals surface area contributed by atoms with Gasteiger partial charge in [0.2, 0.25) is 0 Å². The van der Waals surface area contributed by atoms with Gasteiger partial charge in [-0.15, -0.1) is 11.6 Å². The summed E-state index contributed by atoms with van der Waals surface area (Å²) in [6.45, 7) is 3.34. The zero-order valence-corrected chi connectivity index (χ0v) is 19.3. The number of rotatable bonds is 10. The summed E-state index contributed by atoms with van der Waals surface area (Å²) in [6, 6.07) is 3.62. The van der Waals surface area contributed by atoms with Gasteiger partial charge in [-0.2, -0.15) is 0 Å². The summed E-state index contributed by atoms with van der Waals surface area (Å²) < 4.78 is 6.16. The van der Waals surface area contributed by atoms with Crippen LogP contribution in [0.1, 0.15) is 87.1 Å². The van der Waals surface area contributed by atoms with Crippen LogP contribution in [0.4, 0.5) is 5.69 Å². The number of halogens is 2. The van der Waals surface area contributed by atoms with E-state index in [-0.39, 0.29) is 11.5 Å². The number of benzene rings is 1. The molecule has 1 saturated carbocycles. The summed E-state index contributed by atoms with van der Waals surface area (Å²) in [6.07, 6.45) is 11.5. The van der Waals surface area contributed by atoms with E-state index in [9.17, 15) is 4.79 Å². The Morgan fingerprint density at radius 1 is 1.21 bits per heavy atom. The van der Waals surface area contributed by atoms with Crippen molar-refractivity contribution in [1.29, 1.82) is 0 Å². The molecule has 1 aromatic carbocycles. The lowest BCUT2D eigenvalue weighted by molar-refractivity contribution is 0.0498. The Bertz CT molecular complexity index is 631. The highest BCUT2D eigenvalue weighted by molar-refractivity contribution is 9.10. The Kier molecular flexibility index (Phi) is 10.1. The van der Waals surface area contributed by atoms with Crippen molar-refractivity contribution in [3.63, 3.8) is 0 Å². The zero-order chi connectivity index (χ0) is 20.4. The fourth-order valence-corrected chi connectivity index (χ4v) is 4.59. The number of alkyl halides is 1. The number of nitrogen functional groups attached to an aromatic ring is 1. The number of carbonyl (C=O) groups excluding carboxylic acids is 1. The summed E-state index contributed by atoms with van der Waals surface area (Å²) in [7, 11) is 0. The monoisotopic (exact) mass is 472 g/mol. The molecule has 0 saturated heterocycles. The quantitative estimate of drug-likeness (QED) is 0.140. The van der Waals surface area contributed by atoms with Crippen molar-refractivity contribution >= 4 is 39.2 Å². The van der Waals surface area contributed by atoms with Gasteiger partial charge in [-0.05, 0) is 72.2 Å². The fourth-order valence-electron chi connectivity index (χ4n) is 3.90. The van der Waals surface area contributed by atoms with Gasteiger partial charge in [-0.3, -0.25) is 0 Å². The summed E-state index contributed by atoms with van der Waals surface area (Å²) in [5.74, 6) is 0.349. The van der Waals surface area contributed by atoms with Crippen molar-refractivity contribution in [1.82, 2.24) is 5.32 Å². The average Bonchev–Trinajstić information content (AvgIpc) is 2.95. The number of ether oxygens (including phenoxy) is 1. The second kappa shape index (κ2) is 12.0. The number of nitrogens with one attached hydrogen (secondary N) is 1. The molecule has 0 radical (unpaired) electrons. The Labute approximate surface area is 183 Å². The Hall–Kier alpha value is -0.780. The second-order valence-corrected chi connectivity index (χ2v) is 9.05. The molecule has 1 aliphatic carbocycles. The van der Waals surface area contributed by atoms with Crippen molar-refractivity contribution < 1.29 is 9.53 Å². The molecule has 0 atom stereocenters. The molecule has 0 heterocycles. The molecule has 158 valence electrons. The molecule has 3 N–H and O–H groups in total. The van der Waals surface area contributed by atoms with E-state index in [4.69, 9.17) is 22.1 Å². The van der Waals surface area contributed by atoms with E-state index in [1.54, 1.807) is 6.07 Å². The molecule has 0 bridgehead atoms. The number of hydrogen-bond donors (Lipinski definition) is 2. The van der Waals surface area contributed by atoms with Crippen molar-refractivity contribution in [2.45, 2.75) is 83.2 Å². The van der Waals surface area contributed by atoms with Gasteiger partial charge in [0, 0.05) is 22.4 Å². The fraction of sp³-hybridized carbons (Fsp3) is 0.682. The van der Waals surface area contributed by atoms with Gasteiger partial charge in [-0.1, -0.05) is 32.6 Å². The van der Waals surface area contributed by atoms with Crippen LogP contribution in [0.2, 0.25) is 0 Å². The van der Waals surface area contributed by atoms with Gasteiger partial charge in [0.25, 0.3) is 0 Å². The molecule has 4 nitrogen and oxygen atoms in total. The van der Waals surface area contributed by atoms with Gasteiger partial charge in [0.05, 0.1) is 17.9 Å². The molecule has 0 unspecified atom stereocenters. The first-order valence-electron chi connectivity index (χ1n) is 10.6. The molecule has 0 spiro atoms. The van der Waals surface area contributed by atoms with Gasteiger partial charge in [0.15, 0.2) is 0 Å². The predicted molar refractivity (Wildman–Crippen MR) is 121 cm³/mol. The lowest BCUT2D eigenvalue weighted by Gasteiger charge is -2.33. The molecule has 1 aromatic rings. The molecule has 0 aliphatic heterocycles. The summed E-state index contributed by atoms with van der Waals surface area (Å²) >= 11 is 9.17. The van der Waals surface area contributed by atoms with E-state index >= 15 is 0 Å². The maximum Gasteiger partial charge on any atom is 0.338 e. The molecule has 0 aromatic heterocycles. The van der Waals surface area contributed by atoms with Crippen LogP contribution in [-0.4, -0.2) is 24.0 Å². The second-order valence-electron chi connectivity index (χ2n) is 7.82. The zero-order valence-electron chi connectivity index (χ0n) is 17.0. The number of anilines is 1. The van der Waals surface area contributed by atoms with Gasteiger partial charge < -0.3 is 15.8 Å². The minimum Gasteiger partial charge on any atom is -0.462 e. The Morgan fingerprint density at radius 2 is 1.93 bits per heavy atom. The van der Waals surface area contributed by atoms with E-state index in [0.29, 0.717) is 30.3 Å². The van der Waals surface area contributed by atoms with Crippen LogP contribution in [0.3, 0.4) is 0 Å². The summed E-state index contributed by atoms with van der Waals surface area (Å²) in [5, 5.41) is 3.78. The highest BCUT2D eigenvalue weighted by Crippen LogP contribution is 2.32. The SMILES string of the molecule is CCC1(NCc2cc(C(=O)OCCCCCCl)cc(Br)c2N)CCCCCC1. The first-order chi connectivity index (χ1) is 13.5. The number of nitrogens with two attached hydrogens (primary N) is 1. The summed E-state index contributed by atoms with van der Waals surface area (Å²) in [4.78, 5) is 12.4. The Balaban J connectivity index is 2.02. The van der Waals surface area contributed by atoms with Crippen molar-refractivity contribution in [2.75, 3.05) is 18.2 Å². The third-order valence-electron chi connectivity index (χ3n) is 5.85. The molecule has 28 heavy (non-hydrogen) atoms. The maximum atomic E-state index is 12.4. The molecule has 6 heteroatoms. The van der Waals surface area contributed by atoms with Gasteiger partial charge >= 0.3 is 5.97 Å². The highest BCUT2D eigenvalue weighted by Gasteiger charge is 2.28. The molecule has 2 rings (SSSR count). The smallest absolute Gasteiger partial charge is 0.338 e. The first-order valence-corrected chi connectivity index (χ1v) is 11.9. The van der Waals surface area contributed by atoms with Crippen LogP contribution in [0, 0.1) is 0 Å². The molecular weight excluding hydrogens is 440 g/mol. The van der Waals surface area contributed by atoms with Gasteiger partial charge in [0.1, 0.15) is 0 Å². The maximum absolute atomic E-state index is 12.4. The molecule has 1 aliphatic rings. The minimum atomic E-state index is -0.299. The van der Waals surface area contributed by atoms with Crippen LogP contribution in [0.5, 0.6) is 0 Å². The third kappa shape index (κ3) is 6.93. The Morgan fingerprint density at radius 3 is 2.57 bits per heavy atom. The first kappa shape index (κ1) is 23.5. The topological polar surface area (TPSA) is 64.3 Å². The van der Waals surface area contributed by atoms with Crippen LogP contribution < -0.4 is 11.1 Å². The van der Waals surface area contributed by atoms with E-state index in [1.165, 1.54) is 38.5 Å².